The highest BCUT2D eigenvalue weighted by molar-refractivity contribution is 5.30. The van der Waals surface area contributed by atoms with E-state index >= 15 is 0 Å². The van der Waals surface area contributed by atoms with Crippen molar-refractivity contribution in [3.05, 3.63) is 29.8 Å². The van der Waals surface area contributed by atoms with Crippen molar-refractivity contribution in [3.8, 4) is 5.75 Å². The molecule has 0 aliphatic heterocycles. The predicted octanol–water partition coefficient (Wildman–Crippen LogP) is 3.49. The number of benzene rings is 1. The molecular formula is C15H22O2. The van der Waals surface area contributed by atoms with Gasteiger partial charge in [0.1, 0.15) is 11.9 Å². The Kier molecular flexibility index (Phi) is 4.06. The van der Waals surface area contributed by atoms with E-state index in [1.807, 2.05) is 12.1 Å². The third-order valence-corrected chi connectivity index (χ3v) is 3.43. The molecule has 17 heavy (non-hydrogen) atoms. The van der Waals surface area contributed by atoms with Gasteiger partial charge in [-0.2, -0.15) is 0 Å². The van der Waals surface area contributed by atoms with Gasteiger partial charge in [-0.15, -0.1) is 0 Å². The third-order valence-electron chi connectivity index (χ3n) is 3.43. The molecule has 1 N–H and O–H groups in total. The number of ether oxygens (including phenoxy) is 1. The molecule has 2 atom stereocenters. The molecule has 1 aliphatic carbocycles. The van der Waals surface area contributed by atoms with Crippen molar-refractivity contribution in [2.75, 3.05) is 0 Å². The minimum atomic E-state index is -0.179. The Morgan fingerprint density at radius 2 is 2.12 bits per heavy atom. The van der Waals surface area contributed by atoms with Crippen molar-refractivity contribution < 1.29 is 9.84 Å². The van der Waals surface area contributed by atoms with Gasteiger partial charge in [0.25, 0.3) is 0 Å². The second-order valence-electron chi connectivity index (χ2n) is 5.29. The quantitative estimate of drug-likeness (QED) is 0.867. The lowest BCUT2D eigenvalue weighted by atomic mass is 9.95. The molecule has 0 bridgehead atoms. The van der Waals surface area contributed by atoms with Gasteiger partial charge in [0.05, 0.1) is 6.10 Å². The van der Waals surface area contributed by atoms with Crippen molar-refractivity contribution in [2.24, 2.45) is 0 Å². The van der Waals surface area contributed by atoms with Crippen molar-refractivity contribution in [1.29, 1.82) is 0 Å². The number of hydrogen-bond donors (Lipinski definition) is 1. The fourth-order valence-corrected chi connectivity index (χ4v) is 2.37. The van der Waals surface area contributed by atoms with Gasteiger partial charge in [0.15, 0.2) is 0 Å². The highest BCUT2D eigenvalue weighted by Gasteiger charge is 2.21. The molecule has 1 aliphatic rings. The van der Waals surface area contributed by atoms with E-state index in [0.29, 0.717) is 5.92 Å². The SMILES string of the molecule is CC(C)c1cccc(OC2CCCC(O)C2)c1. The van der Waals surface area contributed by atoms with Gasteiger partial charge in [-0.05, 0) is 42.9 Å². The summed E-state index contributed by atoms with van der Waals surface area (Å²) in [6, 6.07) is 8.30. The lowest BCUT2D eigenvalue weighted by Crippen LogP contribution is -2.28. The van der Waals surface area contributed by atoms with Crippen LogP contribution in [0.2, 0.25) is 0 Å². The Bertz CT molecular complexity index is 360. The maximum atomic E-state index is 9.62. The number of rotatable bonds is 3. The summed E-state index contributed by atoms with van der Waals surface area (Å²) in [5.41, 5.74) is 1.30. The highest BCUT2D eigenvalue weighted by Crippen LogP contribution is 2.26. The normalized spacial score (nSPS) is 24.9. The second-order valence-corrected chi connectivity index (χ2v) is 5.29. The van der Waals surface area contributed by atoms with Crippen LogP contribution in [0.15, 0.2) is 24.3 Å². The zero-order chi connectivity index (χ0) is 12.3. The van der Waals surface area contributed by atoms with Gasteiger partial charge in [-0.3, -0.25) is 0 Å². The molecule has 2 heteroatoms. The first-order valence-corrected chi connectivity index (χ1v) is 6.60. The van der Waals surface area contributed by atoms with Crippen molar-refractivity contribution >= 4 is 0 Å². The van der Waals surface area contributed by atoms with Crippen LogP contribution >= 0.6 is 0 Å². The van der Waals surface area contributed by atoms with Gasteiger partial charge in [-0.25, -0.2) is 0 Å². The molecule has 2 nitrogen and oxygen atoms in total. The maximum Gasteiger partial charge on any atom is 0.120 e. The average Bonchev–Trinajstić information content (AvgIpc) is 2.29. The standard InChI is InChI=1S/C15H22O2/c1-11(2)12-5-3-7-14(9-12)17-15-8-4-6-13(16)10-15/h3,5,7,9,11,13,15-16H,4,6,8,10H2,1-2H3. The molecule has 1 aromatic rings. The summed E-state index contributed by atoms with van der Waals surface area (Å²) in [5, 5.41) is 9.62. The van der Waals surface area contributed by atoms with Gasteiger partial charge in [0.2, 0.25) is 0 Å². The minimum Gasteiger partial charge on any atom is -0.490 e. The van der Waals surface area contributed by atoms with Crippen LogP contribution in [0.5, 0.6) is 5.75 Å². The molecule has 2 rings (SSSR count). The Labute approximate surface area is 104 Å². The summed E-state index contributed by atoms with van der Waals surface area (Å²) in [5.74, 6) is 1.46. The molecule has 1 saturated carbocycles. The smallest absolute Gasteiger partial charge is 0.120 e. The van der Waals surface area contributed by atoms with E-state index in [1.165, 1.54) is 5.56 Å². The van der Waals surface area contributed by atoms with E-state index < -0.39 is 0 Å². The Balaban J connectivity index is 2.00. The topological polar surface area (TPSA) is 29.5 Å². The summed E-state index contributed by atoms with van der Waals surface area (Å²) >= 11 is 0. The Hall–Kier alpha value is -1.02. The molecule has 0 spiro atoms. The monoisotopic (exact) mass is 234 g/mol. The Morgan fingerprint density at radius 3 is 2.82 bits per heavy atom. The van der Waals surface area contributed by atoms with Crippen molar-refractivity contribution in [2.45, 2.75) is 57.7 Å². The van der Waals surface area contributed by atoms with Gasteiger partial charge < -0.3 is 9.84 Å². The molecule has 0 saturated heterocycles. The van der Waals surface area contributed by atoms with Crippen LogP contribution in [0.3, 0.4) is 0 Å². The number of aliphatic hydroxyl groups is 1. The number of aliphatic hydroxyl groups excluding tert-OH is 1. The van der Waals surface area contributed by atoms with Gasteiger partial charge in [-0.1, -0.05) is 26.0 Å². The summed E-state index contributed by atoms with van der Waals surface area (Å²) in [6.45, 7) is 4.37. The minimum absolute atomic E-state index is 0.179. The van der Waals surface area contributed by atoms with Crippen molar-refractivity contribution in [3.63, 3.8) is 0 Å². The zero-order valence-corrected chi connectivity index (χ0v) is 10.7. The van der Waals surface area contributed by atoms with Crippen LogP contribution in [-0.2, 0) is 0 Å². The lowest BCUT2D eigenvalue weighted by molar-refractivity contribution is 0.0536. The summed E-state index contributed by atoms with van der Waals surface area (Å²) in [4.78, 5) is 0. The maximum absolute atomic E-state index is 9.62. The van der Waals surface area contributed by atoms with E-state index in [9.17, 15) is 5.11 Å². The van der Waals surface area contributed by atoms with Crippen LogP contribution in [0.1, 0.15) is 51.0 Å². The van der Waals surface area contributed by atoms with Crippen LogP contribution in [-0.4, -0.2) is 17.3 Å². The molecule has 94 valence electrons. The van der Waals surface area contributed by atoms with E-state index in [0.717, 1.165) is 31.4 Å². The average molecular weight is 234 g/mol. The van der Waals surface area contributed by atoms with Gasteiger partial charge in [0, 0.05) is 6.42 Å². The molecule has 0 amide bonds. The van der Waals surface area contributed by atoms with Crippen LogP contribution in [0, 0.1) is 0 Å². The van der Waals surface area contributed by atoms with E-state index in [1.54, 1.807) is 0 Å². The molecule has 0 radical (unpaired) electrons. The molecule has 0 heterocycles. The predicted molar refractivity (Wildman–Crippen MR) is 69.4 cm³/mol. The van der Waals surface area contributed by atoms with Crippen LogP contribution < -0.4 is 4.74 Å². The van der Waals surface area contributed by atoms with Crippen LogP contribution in [0.25, 0.3) is 0 Å². The molecular weight excluding hydrogens is 212 g/mol. The van der Waals surface area contributed by atoms with E-state index in [4.69, 9.17) is 4.74 Å². The van der Waals surface area contributed by atoms with Crippen molar-refractivity contribution in [1.82, 2.24) is 0 Å². The zero-order valence-electron chi connectivity index (χ0n) is 10.7. The molecule has 0 aromatic heterocycles. The lowest BCUT2D eigenvalue weighted by Gasteiger charge is -2.26. The summed E-state index contributed by atoms with van der Waals surface area (Å²) in [6.07, 6.45) is 3.82. The third kappa shape index (κ3) is 3.47. The molecule has 1 fully saturated rings. The summed E-state index contributed by atoms with van der Waals surface area (Å²) < 4.78 is 5.96. The Morgan fingerprint density at radius 1 is 1.29 bits per heavy atom. The number of hydrogen-bond acceptors (Lipinski definition) is 2. The summed E-state index contributed by atoms with van der Waals surface area (Å²) in [7, 11) is 0. The molecule has 2 unspecified atom stereocenters. The van der Waals surface area contributed by atoms with E-state index in [-0.39, 0.29) is 12.2 Å². The molecule has 1 aromatic carbocycles. The van der Waals surface area contributed by atoms with Crippen LogP contribution in [0.4, 0.5) is 0 Å². The largest absolute Gasteiger partial charge is 0.490 e. The fourth-order valence-electron chi connectivity index (χ4n) is 2.37. The first kappa shape index (κ1) is 12.4. The van der Waals surface area contributed by atoms with Gasteiger partial charge >= 0.3 is 0 Å². The fraction of sp³-hybridized carbons (Fsp3) is 0.600. The first-order valence-electron chi connectivity index (χ1n) is 6.60. The second kappa shape index (κ2) is 5.54. The highest BCUT2D eigenvalue weighted by atomic mass is 16.5. The first-order chi connectivity index (χ1) is 8.15. The van der Waals surface area contributed by atoms with E-state index in [2.05, 4.69) is 26.0 Å².